The van der Waals surface area contributed by atoms with E-state index in [1.165, 1.54) is 12.1 Å². The largest absolute Gasteiger partial charge is 0.460 e. The first-order chi connectivity index (χ1) is 12.5. The maximum Gasteiger partial charge on any atom is 0.155 e. The number of furan rings is 1. The molecule has 0 fully saturated rings. The Morgan fingerprint density at radius 1 is 0.926 bits per heavy atom. The van der Waals surface area contributed by atoms with Gasteiger partial charge in [-0.3, -0.25) is 0 Å². The Labute approximate surface area is 164 Å². The number of nitrogens with one attached hydrogen (secondary N) is 1. The summed E-state index contributed by atoms with van der Waals surface area (Å²) >= 11 is 0. The van der Waals surface area contributed by atoms with Gasteiger partial charge in [0.15, 0.2) is 9.84 Å². The van der Waals surface area contributed by atoms with E-state index in [-0.39, 0.29) is 29.7 Å². The summed E-state index contributed by atoms with van der Waals surface area (Å²) in [4.78, 5) is 0. The van der Waals surface area contributed by atoms with Crippen LogP contribution in [0.3, 0.4) is 0 Å². The van der Waals surface area contributed by atoms with E-state index in [0.717, 1.165) is 11.1 Å². The first-order valence-corrected chi connectivity index (χ1v) is 10.1. The fraction of sp³-hybridized carbons (Fsp3) is 0.200. The van der Waals surface area contributed by atoms with Gasteiger partial charge in [-0.25, -0.2) is 12.8 Å². The van der Waals surface area contributed by atoms with Crippen molar-refractivity contribution in [2.75, 3.05) is 12.3 Å². The Balaban J connectivity index is 0.00000261. The average Bonchev–Trinajstić information content (AvgIpc) is 3.09. The summed E-state index contributed by atoms with van der Waals surface area (Å²) in [6, 6.07) is 18.9. The first kappa shape index (κ1) is 21.2. The second kappa shape index (κ2) is 9.69. The van der Waals surface area contributed by atoms with Crippen LogP contribution in [0.1, 0.15) is 11.3 Å². The van der Waals surface area contributed by atoms with Gasteiger partial charge in [0.1, 0.15) is 17.3 Å². The van der Waals surface area contributed by atoms with Crippen molar-refractivity contribution in [2.45, 2.75) is 12.3 Å². The number of halogens is 2. The van der Waals surface area contributed by atoms with E-state index in [0.29, 0.717) is 24.6 Å². The zero-order valence-corrected chi connectivity index (χ0v) is 16.2. The number of benzene rings is 2. The molecular formula is C20H21ClFNO3S. The van der Waals surface area contributed by atoms with Gasteiger partial charge in [-0.2, -0.15) is 0 Å². The summed E-state index contributed by atoms with van der Waals surface area (Å²) in [7, 11) is -3.16. The van der Waals surface area contributed by atoms with Crippen LogP contribution in [0.25, 0.3) is 11.3 Å². The Morgan fingerprint density at radius 3 is 2.33 bits per heavy atom. The molecule has 0 spiro atoms. The summed E-state index contributed by atoms with van der Waals surface area (Å²) in [5.41, 5.74) is 1.59. The van der Waals surface area contributed by atoms with Gasteiger partial charge in [-0.15, -0.1) is 12.4 Å². The third-order valence-corrected chi connectivity index (χ3v) is 5.51. The highest BCUT2D eigenvalue weighted by atomic mass is 35.5. The topological polar surface area (TPSA) is 59.3 Å². The molecule has 7 heteroatoms. The van der Waals surface area contributed by atoms with Gasteiger partial charge in [0, 0.05) is 12.1 Å². The van der Waals surface area contributed by atoms with E-state index in [2.05, 4.69) is 5.32 Å². The lowest BCUT2D eigenvalue weighted by atomic mass is 10.2. The van der Waals surface area contributed by atoms with Crippen molar-refractivity contribution in [3.63, 3.8) is 0 Å². The van der Waals surface area contributed by atoms with Crippen molar-refractivity contribution in [3.05, 3.63) is 83.9 Å². The molecule has 0 aliphatic heterocycles. The minimum absolute atomic E-state index is 0. The van der Waals surface area contributed by atoms with E-state index in [4.69, 9.17) is 4.42 Å². The molecule has 0 unspecified atom stereocenters. The van der Waals surface area contributed by atoms with Crippen LogP contribution in [0.4, 0.5) is 4.39 Å². The maximum absolute atomic E-state index is 13.0. The Morgan fingerprint density at radius 2 is 1.63 bits per heavy atom. The molecule has 0 saturated carbocycles. The molecule has 0 bridgehead atoms. The normalized spacial score (nSPS) is 11.1. The molecular weight excluding hydrogens is 389 g/mol. The quantitative estimate of drug-likeness (QED) is 0.566. The molecule has 27 heavy (non-hydrogen) atoms. The minimum Gasteiger partial charge on any atom is -0.460 e. The van der Waals surface area contributed by atoms with Gasteiger partial charge in [0.25, 0.3) is 0 Å². The SMILES string of the molecule is Cl.O=S(=O)(CCNCc1ccc(-c2ccc(F)cc2)o1)Cc1ccccc1. The van der Waals surface area contributed by atoms with Crippen LogP contribution in [0, 0.1) is 5.82 Å². The molecule has 0 amide bonds. The van der Waals surface area contributed by atoms with Crippen LogP contribution in [-0.4, -0.2) is 20.7 Å². The molecule has 3 rings (SSSR count). The third kappa shape index (κ3) is 6.50. The van der Waals surface area contributed by atoms with E-state index in [1.807, 2.05) is 42.5 Å². The van der Waals surface area contributed by atoms with Crippen LogP contribution in [0.2, 0.25) is 0 Å². The maximum atomic E-state index is 13.0. The third-order valence-electron chi connectivity index (χ3n) is 3.91. The average molecular weight is 410 g/mol. The van der Waals surface area contributed by atoms with E-state index < -0.39 is 9.84 Å². The highest BCUT2D eigenvalue weighted by Crippen LogP contribution is 2.22. The lowest BCUT2D eigenvalue weighted by molar-refractivity contribution is 0.497. The van der Waals surface area contributed by atoms with E-state index in [1.54, 1.807) is 12.1 Å². The zero-order chi connectivity index (χ0) is 18.4. The summed E-state index contributed by atoms with van der Waals surface area (Å²) in [6.07, 6.45) is 0. The molecule has 1 N–H and O–H groups in total. The molecule has 1 heterocycles. The molecule has 0 saturated heterocycles. The highest BCUT2D eigenvalue weighted by molar-refractivity contribution is 7.90. The molecule has 3 aromatic rings. The van der Waals surface area contributed by atoms with Gasteiger partial charge in [-0.1, -0.05) is 30.3 Å². The molecule has 144 valence electrons. The standard InChI is InChI=1S/C20H20FNO3S.ClH/c21-18-8-6-17(7-9-18)20-11-10-19(25-20)14-22-12-13-26(23,24)15-16-4-2-1-3-5-16;/h1-11,22H,12-15H2;1H. The first-order valence-electron chi connectivity index (χ1n) is 8.31. The Bertz CT molecular complexity index is 941. The second-order valence-electron chi connectivity index (χ2n) is 6.03. The van der Waals surface area contributed by atoms with Crippen LogP contribution in [0.15, 0.2) is 71.1 Å². The van der Waals surface area contributed by atoms with Gasteiger partial charge in [0.05, 0.1) is 18.1 Å². The van der Waals surface area contributed by atoms with Crippen LogP contribution < -0.4 is 5.32 Å². The number of sulfone groups is 1. The van der Waals surface area contributed by atoms with Crippen molar-refractivity contribution < 1.29 is 17.2 Å². The smallest absolute Gasteiger partial charge is 0.155 e. The zero-order valence-electron chi connectivity index (χ0n) is 14.6. The predicted molar refractivity (Wildman–Crippen MR) is 107 cm³/mol. The van der Waals surface area contributed by atoms with Gasteiger partial charge in [-0.05, 0) is 42.0 Å². The predicted octanol–water partition coefficient (Wildman–Crippen LogP) is 4.21. The van der Waals surface area contributed by atoms with Gasteiger partial charge >= 0.3 is 0 Å². The second-order valence-corrected chi connectivity index (χ2v) is 8.21. The van der Waals surface area contributed by atoms with Crippen molar-refractivity contribution in [3.8, 4) is 11.3 Å². The monoisotopic (exact) mass is 409 g/mol. The van der Waals surface area contributed by atoms with Crippen LogP contribution in [-0.2, 0) is 22.1 Å². The van der Waals surface area contributed by atoms with Crippen LogP contribution >= 0.6 is 12.4 Å². The molecule has 4 nitrogen and oxygen atoms in total. The van der Waals surface area contributed by atoms with Crippen molar-refractivity contribution >= 4 is 22.2 Å². The summed E-state index contributed by atoms with van der Waals surface area (Å²) in [5.74, 6) is 1.17. The Kier molecular flexibility index (Phi) is 7.59. The van der Waals surface area contributed by atoms with E-state index in [9.17, 15) is 12.8 Å². The number of hydrogen-bond acceptors (Lipinski definition) is 4. The summed E-state index contributed by atoms with van der Waals surface area (Å²) in [6.45, 7) is 0.782. The minimum atomic E-state index is -3.16. The molecule has 0 aliphatic rings. The fourth-order valence-electron chi connectivity index (χ4n) is 2.58. The number of rotatable bonds is 8. The highest BCUT2D eigenvalue weighted by Gasteiger charge is 2.12. The van der Waals surface area contributed by atoms with Gasteiger partial charge in [0.2, 0.25) is 0 Å². The van der Waals surface area contributed by atoms with Crippen molar-refractivity contribution in [1.82, 2.24) is 5.32 Å². The molecule has 0 radical (unpaired) electrons. The lowest BCUT2D eigenvalue weighted by Gasteiger charge is -2.05. The molecule has 0 aliphatic carbocycles. The summed E-state index contributed by atoms with van der Waals surface area (Å²) in [5, 5.41) is 3.08. The molecule has 1 aromatic heterocycles. The van der Waals surface area contributed by atoms with Crippen LogP contribution in [0.5, 0.6) is 0 Å². The summed E-state index contributed by atoms with van der Waals surface area (Å²) < 4.78 is 42.9. The van der Waals surface area contributed by atoms with Gasteiger partial charge < -0.3 is 9.73 Å². The Hall–Kier alpha value is -2.15. The van der Waals surface area contributed by atoms with Crippen molar-refractivity contribution in [2.24, 2.45) is 0 Å². The lowest BCUT2D eigenvalue weighted by Crippen LogP contribution is -2.23. The molecule has 0 atom stereocenters. The fourth-order valence-corrected chi connectivity index (χ4v) is 3.88. The number of hydrogen-bond donors (Lipinski definition) is 1. The van der Waals surface area contributed by atoms with Crippen molar-refractivity contribution in [1.29, 1.82) is 0 Å². The van der Waals surface area contributed by atoms with E-state index >= 15 is 0 Å². The molecule has 2 aromatic carbocycles.